The first-order valence-corrected chi connectivity index (χ1v) is 15.4. The molecule has 10 rings (SSSR count). The van der Waals surface area contributed by atoms with Crippen molar-refractivity contribution in [3.63, 3.8) is 0 Å². The summed E-state index contributed by atoms with van der Waals surface area (Å²) in [5.41, 5.74) is 10.4. The molecular weight excluding hydrogens is 543 g/mol. The van der Waals surface area contributed by atoms with E-state index < -0.39 is 0 Å². The van der Waals surface area contributed by atoms with Crippen molar-refractivity contribution in [3.8, 4) is 16.8 Å². The fourth-order valence-electron chi connectivity index (χ4n) is 7.10. The summed E-state index contributed by atoms with van der Waals surface area (Å²) >= 11 is 1.88. The second-order valence-corrected chi connectivity index (χ2v) is 12.3. The number of rotatable bonds is 2. The van der Waals surface area contributed by atoms with Crippen LogP contribution in [-0.2, 0) is 0 Å². The third-order valence-electron chi connectivity index (χ3n) is 8.92. The summed E-state index contributed by atoms with van der Waals surface area (Å²) in [6, 6.07) is 48.4. The maximum atomic E-state index is 4.87. The van der Waals surface area contributed by atoms with Crippen molar-refractivity contribution in [2.75, 3.05) is 0 Å². The van der Waals surface area contributed by atoms with E-state index in [9.17, 15) is 0 Å². The molecule has 4 heteroatoms. The highest BCUT2D eigenvalue weighted by molar-refractivity contribution is 7.25. The molecule has 4 heterocycles. The van der Waals surface area contributed by atoms with Crippen LogP contribution in [-0.4, -0.2) is 14.0 Å². The van der Waals surface area contributed by atoms with Crippen LogP contribution < -0.4 is 0 Å². The SMILES string of the molecule is c1cc(-c2c3ccccc3n3c2cnc2ccccc23)cc(-n2c3ccccc3c3cc4sc5ccccc5c4cc32)c1. The fourth-order valence-corrected chi connectivity index (χ4v) is 8.23. The van der Waals surface area contributed by atoms with Gasteiger partial charge in [0, 0.05) is 47.6 Å². The van der Waals surface area contributed by atoms with Crippen molar-refractivity contribution in [1.29, 1.82) is 0 Å². The first-order chi connectivity index (χ1) is 21.3. The molecule has 6 aromatic carbocycles. The van der Waals surface area contributed by atoms with Gasteiger partial charge in [-0.15, -0.1) is 11.3 Å². The van der Waals surface area contributed by atoms with Crippen LogP contribution in [0.15, 0.2) is 140 Å². The molecule has 0 unspecified atom stereocenters. The largest absolute Gasteiger partial charge is 0.309 e. The average molecular weight is 566 g/mol. The van der Waals surface area contributed by atoms with Gasteiger partial charge in [-0.05, 0) is 60.2 Å². The standard InChI is InChI=1S/C39H23N3S/c1-5-16-32-26(12-1)29-22-38-30(27-13-3-8-19-37(27)43-38)21-35(29)41(32)25-11-9-10-24(20-25)39-28-14-2-6-17-33(28)42-34-18-7-4-15-31(34)40-23-36(39)42/h1-23H. The molecule has 0 N–H and O–H groups in total. The molecule has 0 spiro atoms. The Balaban J connectivity index is 1.29. The number of aromatic nitrogens is 3. The van der Waals surface area contributed by atoms with Crippen LogP contribution in [0.2, 0.25) is 0 Å². The lowest BCUT2D eigenvalue weighted by Gasteiger charge is -2.11. The molecule has 0 bridgehead atoms. The third-order valence-corrected chi connectivity index (χ3v) is 10.1. The van der Waals surface area contributed by atoms with E-state index in [1.165, 1.54) is 64.0 Å². The number of thiophene rings is 1. The maximum absolute atomic E-state index is 4.87. The molecule has 3 nitrogen and oxygen atoms in total. The highest BCUT2D eigenvalue weighted by atomic mass is 32.1. The predicted octanol–water partition coefficient (Wildman–Crippen LogP) is 10.8. The van der Waals surface area contributed by atoms with Gasteiger partial charge in [-0.1, -0.05) is 78.9 Å². The smallest absolute Gasteiger partial charge is 0.0871 e. The zero-order valence-corrected chi connectivity index (χ0v) is 23.8. The van der Waals surface area contributed by atoms with Gasteiger partial charge in [0.15, 0.2) is 0 Å². The zero-order valence-electron chi connectivity index (χ0n) is 23.0. The Bertz CT molecular complexity index is 2740. The van der Waals surface area contributed by atoms with Gasteiger partial charge < -0.3 is 8.97 Å². The molecule has 0 saturated heterocycles. The zero-order chi connectivity index (χ0) is 28.1. The van der Waals surface area contributed by atoms with Crippen LogP contribution in [0.5, 0.6) is 0 Å². The van der Waals surface area contributed by atoms with Crippen molar-refractivity contribution in [1.82, 2.24) is 14.0 Å². The quantitative estimate of drug-likeness (QED) is 0.204. The van der Waals surface area contributed by atoms with E-state index in [2.05, 4.69) is 142 Å². The van der Waals surface area contributed by atoms with E-state index in [4.69, 9.17) is 4.98 Å². The Hall–Kier alpha value is -5.45. The summed E-state index contributed by atoms with van der Waals surface area (Å²) in [4.78, 5) is 4.87. The molecule has 0 fully saturated rings. The molecule has 200 valence electrons. The third kappa shape index (κ3) is 3.16. The molecule has 0 amide bonds. The van der Waals surface area contributed by atoms with E-state index in [1.54, 1.807) is 0 Å². The Morgan fingerprint density at radius 3 is 2.12 bits per heavy atom. The monoisotopic (exact) mass is 565 g/mol. The maximum Gasteiger partial charge on any atom is 0.0871 e. The fraction of sp³-hybridized carbons (Fsp3) is 0. The van der Waals surface area contributed by atoms with Gasteiger partial charge in [0.05, 0.1) is 39.3 Å². The van der Waals surface area contributed by atoms with Crippen LogP contribution >= 0.6 is 11.3 Å². The molecule has 4 aromatic heterocycles. The predicted molar refractivity (Wildman–Crippen MR) is 183 cm³/mol. The number of para-hydroxylation sites is 4. The molecule has 0 aliphatic carbocycles. The van der Waals surface area contributed by atoms with Crippen molar-refractivity contribution in [2.24, 2.45) is 0 Å². The number of hydrogen-bond donors (Lipinski definition) is 0. The van der Waals surface area contributed by atoms with Gasteiger partial charge in [0.2, 0.25) is 0 Å². The topological polar surface area (TPSA) is 22.2 Å². The first-order valence-electron chi connectivity index (χ1n) is 14.6. The summed E-state index contributed by atoms with van der Waals surface area (Å²) in [6.07, 6.45) is 2.03. The molecule has 0 saturated carbocycles. The number of nitrogens with zero attached hydrogens (tertiary/aromatic N) is 3. The van der Waals surface area contributed by atoms with Gasteiger partial charge in [-0.2, -0.15) is 0 Å². The second kappa shape index (κ2) is 8.54. The minimum Gasteiger partial charge on any atom is -0.309 e. The Kier molecular flexibility index (Phi) is 4.60. The molecule has 43 heavy (non-hydrogen) atoms. The van der Waals surface area contributed by atoms with E-state index >= 15 is 0 Å². The number of benzene rings is 6. The average Bonchev–Trinajstić information content (AvgIpc) is 3.71. The first kappa shape index (κ1) is 23.1. The van der Waals surface area contributed by atoms with Crippen molar-refractivity contribution in [2.45, 2.75) is 0 Å². The number of fused-ring (bicyclic) bond motifs is 11. The van der Waals surface area contributed by atoms with Gasteiger partial charge in [0.1, 0.15) is 0 Å². The molecule has 0 aliphatic heterocycles. The molecular formula is C39H23N3S. The normalized spacial score (nSPS) is 12.2. The van der Waals surface area contributed by atoms with Crippen LogP contribution in [0.1, 0.15) is 0 Å². The number of hydrogen-bond acceptors (Lipinski definition) is 2. The summed E-state index contributed by atoms with van der Waals surface area (Å²) in [5, 5.41) is 6.43. The van der Waals surface area contributed by atoms with E-state index in [1.807, 2.05) is 17.5 Å². The van der Waals surface area contributed by atoms with E-state index in [0.29, 0.717) is 0 Å². The van der Waals surface area contributed by atoms with Crippen LogP contribution in [0, 0.1) is 0 Å². The Morgan fingerprint density at radius 2 is 1.21 bits per heavy atom. The lowest BCUT2D eigenvalue weighted by molar-refractivity contribution is 1.18. The van der Waals surface area contributed by atoms with Crippen molar-refractivity contribution >= 4 is 80.8 Å². The van der Waals surface area contributed by atoms with Crippen LogP contribution in [0.3, 0.4) is 0 Å². The summed E-state index contributed by atoms with van der Waals surface area (Å²) in [7, 11) is 0. The van der Waals surface area contributed by atoms with Crippen LogP contribution in [0.4, 0.5) is 0 Å². The lowest BCUT2D eigenvalue weighted by atomic mass is 10.0. The highest BCUT2D eigenvalue weighted by Gasteiger charge is 2.19. The molecule has 0 atom stereocenters. The summed E-state index contributed by atoms with van der Waals surface area (Å²) < 4.78 is 7.46. The molecule has 0 radical (unpaired) electrons. The Labute approximate surface area is 250 Å². The van der Waals surface area contributed by atoms with Gasteiger partial charge >= 0.3 is 0 Å². The van der Waals surface area contributed by atoms with Crippen LogP contribution in [0.25, 0.3) is 86.2 Å². The van der Waals surface area contributed by atoms with Gasteiger partial charge in [-0.25, -0.2) is 0 Å². The highest BCUT2D eigenvalue weighted by Crippen LogP contribution is 2.42. The minimum atomic E-state index is 0.994. The Morgan fingerprint density at radius 1 is 0.465 bits per heavy atom. The molecule has 10 aromatic rings. The lowest BCUT2D eigenvalue weighted by Crippen LogP contribution is -1.94. The minimum absolute atomic E-state index is 0.994. The van der Waals surface area contributed by atoms with Gasteiger partial charge in [-0.3, -0.25) is 4.98 Å². The summed E-state index contributed by atoms with van der Waals surface area (Å²) in [5.74, 6) is 0. The van der Waals surface area contributed by atoms with Crippen molar-refractivity contribution in [3.05, 3.63) is 140 Å². The van der Waals surface area contributed by atoms with E-state index in [0.717, 1.165) is 22.2 Å². The summed E-state index contributed by atoms with van der Waals surface area (Å²) in [6.45, 7) is 0. The second-order valence-electron chi connectivity index (χ2n) is 11.2. The van der Waals surface area contributed by atoms with Gasteiger partial charge in [0.25, 0.3) is 0 Å². The van der Waals surface area contributed by atoms with Crippen molar-refractivity contribution < 1.29 is 0 Å². The van der Waals surface area contributed by atoms with E-state index in [-0.39, 0.29) is 0 Å². The molecule has 0 aliphatic rings.